The lowest BCUT2D eigenvalue weighted by Crippen LogP contribution is -2.12. The highest BCUT2D eigenvalue weighted by molar-refractivity contribution is 6.31. The molecule has 2 aromatic rings. The minimum atomic E-state index is 0.0847. The summed E-state index contributed by atoms with van der Waals surface area (Å²) in [5.74, 6) is 0. The summed E-state index contributed by atoms with van der Waals surface area (Å²) in [6.45, 7) is 3.64. The molecule has 2 aromatic carbocycles. The Labute approximate surface area is 119 Å². The van der Waals surface area contributed by atoms with E-state index in [1.807, 2.05) is 43.3 Å². The van der Waals surface area contributed by atoms with Crippen molar-refractivity contribution in [2.75, 3.05) is 0 Å². The summed E-state index contributed by atoms with van der Waals surface area (Å²) >= 11 is 6.09. The molecule has 0 amide bonds. The largest absolute Gasteiger partial charge is 0.392 e. The zero-order valence-electron chi connectivity index (χ0n) is 11.0. The Balaban J connectivity index is 1.90. The lowest BCUT2D eigenvalue weighted by Gasteiger charge is -2.07. The van der Waals surface area contributed by atoms with Gasteiger partial charge in [0.25, 0.3) is 0 Å². The van der Waals surface area contributed by atoms with E-state index in [-0.39, 0.29) is 6.61 Å². The molecule has 0 aliphatic rings. The van der Waals surface area contributed by atoms with Gasteiger partial charge in [-0.25, -0.2) is 0 Å². The van der Waals surface area contributed by atoms with Crippen LogP contribution in [0, 0.1) is 6.92 Å². The molecule has 0 radical (unpaired) electrons. The number of aryl methyl sites for hydroxylation is 1. The lowest BCUT2D eigenvalue weighted by atomic mass is 10.1. The molecule has 0 aliphatic heterocycles. The van der Waals surface area contributed by atoms with Gasteiger partial charge in [0.15, 0.2) is 0 Å². The summed E-state index contributed by atoms with van der Waals surface area (Å²) in [5.41, 5.74) is 4.39. The molecule has 2 N–H and O–H groups in total. The number of halogens is 1. The Morgan fingerprint density at radius 1 is 1.00 bits per heavy atom. The minimum Gasteiger partial charge on any atom is -0.392 e. The molecule has 2 nitrogen and oxygen atoms in total. The van der Waals surface area contributed by atoms with Gasteiger partial charge in [-0.15, -0.1) is 0 Å². The SMILES string of the molecule is Cc1ccc(CNCc2cccc(CO)c2)cc1Cl. The molecule has 0 spiro atoms. The minimum absolute atomic E-state index is 0.0847. The van der Waals surface area contributed by atoms with Crippen LogP contribution in [-0.4, -0.2) is 5.11 Å². The third kappa shape index (κ3) is 4.06. The highest BCUT2D eigenvalue weighted by Gasteiger charge is 1.99. The number of hydrogen-bond donors (Lipinski definition) is 2. The summed E-state index contributed by atoms with van der Waals surface area (Å²) in [4.78, 5) is 0. The molecule has 0 saturated carbocycles. The predicted octanol–water partition coefficient (Wildman–Crippen LogP) is 3.43. The van der Waals surface area contributed by atoms with Crippen molar-refractivity contribution in [3.8, 4) is 0 Å². The molecule has 0 aromatic heterocycles. The first kappa shape index (κ1) is 14.1. The molecule has 0 unspecified atom stereocenters. The number of rotatable bonds is 5. The zero-order chi connectivity index (χ0) is 13.7. The van der Waals surface area contributed by atoms with Crippen molar-refractivity contribution in [3.05, 3.63) is 69.7 Å². The molecule has 3 heteroatoms. The highest BCUT2D eigenvalue weighted by atomic mass is 35.5. The molecule has 0 saturated heterocycles. The van der Waals surface area contributed by atoms with Gasteiger partial charge in [-0.2, -0.15) is 0 Å². The van der Waals surface area contributed by atoms with E-state index < -0.39 is 0 Å². The van der Waals surface area contributed by atoms with Gasteiger partial charge in [-0.3, -0.25) is 0 Å². The van der Waals surface area contributed by atoms with Gasteiger partial charge in [-0.1, -0.05) is 48.0 Å². The number of hydrogen-bond acceptors (Lipinski definition) is 2. The van der Waals surface area contributed by atoms with Crippen LogP contribution in [0.2, 0.25) is 5.02 Å². The smallest absolute Gasteiger partial charge is 0.0681 e. The van der Waals surface area contributed by atoms with E-state index in [1.165, 1.54) is 11.1 Å². The van der Waals surface area contributed by atoms with Gasteiger partial charge in [0.05, 0.1) is 6.61 Å². The molecule has 0 aliphatic carbocycles. The number of aliphatic hydroxyl groups excluding tert-OH is 1. The molecule has 19 heavy (non-hydrogen) atoms. The Morgan fingerprint density at radius 2 is 1.68 bits per heavy atom. The topological polar surface area (TPSA) is 32.3 Å². The fourth-order valence-corrected chi connectivity index (χ4v) is 2.14. The van der Waals surface area contributed by atoms with Crippen LogP contribution in [0.15, 0.2) is 42.5 Å². The summed E-state index contributed by atoms with van der Waals surface area (Å²) in [7, 11) is 0. The van der Waals surface area contributed by atoms with Crippen LogP contribution in [-0.2, 0) is 19.7 Å². The van der Waals surface area contributed by atoms with E-state index in [0.29, 0.717) is 0 Å². The predicted molar refractivity (Wildman–Crippen MR) is 79.1 cm³/mol. The zero-order valence-corrected chi connectivity index (χ0v) is 11.7. The fraction of sp³-hybridized carbons (Fsp3) is 0.250. The third-order valence-electron chi connectivity index (χ3n) is 3.07. The Kier molecular flexibility index (Phi) is 4.97. The summed E-state index contributed by atoms with van der Waals surface area (Å²) < 4.78 is 0. The maximum Gasteiger partial charge on any atom is 0.0681 e. The van der Waals surface area contributed by atoms with Gasteiger partial charge in [-0.05, 0) is 35.2 Å². The first-order chi connectivity index (χ1) is 9.19. The van der Waals surface area contributed by atoms with E-state index >= 15 is 0 Å². The van der Waals surface area contributed by atoms with Crippen LogP contribution in [0.3, 0.4) is 0 Å². The molecule has 2 rings (SSSR count). The molecular formula is C16H18ClNO. The van der Waals surface area contributed by atoms with Gasteiger partial charge in [0.2, 0.25) is 0 Å². The number of benzene rings is 2. The van der Waals surface area contributed by atoms with Crippen molar-refractivity contribution >= 4 is 11.6 Å². The van der Waals surface area contributed by atoms with Crippen molar-refractivity contribution in [1.82, 2.24) is 5.32 Å². The quantitative estimate of drug-likeness (QED) is 0.876. The van der Waals surface area contributed by atoms with Gasteiger partial charge < -0.3 is 10.4 Å². The monoisotopic (exact) mass is 275 g/mol. The molecule has 0 atom stereocenters. The van der Waals surface area contributed by atoms with E-state index in [1.54, 1.807) is 0 Å². The standard InChI is InChI=1S/C16H18ClNO/c1-12-5-6-14(8-16(12)17)10-18-9-13-3-2-4-15(7-13)11-19/h2-8,18-19H,9-11H2,1H3. The Bertz CT molecular complexity index is 554. The molecule has 0 heterocycles. The van der Waals surface area contributed by atoms with Gasteiger partial charge in [0.1, 0.15) is 0 Å². The van der Waals surface area contributed by atoms with Crippen LogP contribution >= 0.6 is 11.6 Å². The average molecular weight is 276 g/mol. The average Bonchev–Trinajstić information content (AvgIpc) is 2.43. The lowest BCUT2D eigenvalue weighted by molar-refractivity contribution is 0.281. The normalized spacial score (nSPS) is 10.7. The van der Waals surface area contributed by atoms with E-state index in [4.69, 9.17) is 16.7 Å². The van der Waals surface area contributed by atoms with Crippen molar-refractivity contribution in [2.24, 2.45) is 0 Å². The maximum atomic E-state index is 9.09. The molecular weight excluding hydrogens is 258 g/mol. The third-order valence-corrected chi connectivity index (χ3v) is 3.48. The van der Waals surface area contributed by atoms with Crippen LogP contribution in [0.1, 0.15) is 22.3 Å². The first-order valence-corrected chi connectivity index (χ1v) is 6.71. The van der Waals surface area contributed by atoms with Gasteiger partial charge in [0, 0.05) is 18.1 Å². The summed E-state index contributed by atoms with van der Waals surface area (Å²) in [6, 6.07) is 14.1. The van der Waals surface area contributed by atoms with Crippen molar-refractivity contribution in [2.45, 2.75) is 26.6 Å². The van der Waals surface area contributed by atoms with Crippen LogP contribution < -0.4 is 5.32 Å². The Hall–Kier alpha value is -1.35. The second-order valence-corrected chi connectivity index (χ2v) is 5.07. The number of aliphatic hydroxyl groups is 1. The molecule has 0 fully saturated rings. The Morgan fingerprint density at radius 3 is 2.37 bits per heavy atom. The van der Waals surface area contributed by atoms with E-state index in [2.05, 4.69) is 11.4 Å². The fourth-order valence-electron chi connectivity index (χ4n) is 1.94. The van der Waals surface area contributed by atoms with Crippen molar-refractivity contribution in [3.63, 3.8) is 0 Å². The van der Waals surface area contributed by atoms with Crippen molar-refractivity contribution < 1.29 is 5.11 Å². The van der Waals surface area contributed by atoms with Crippen LogP contribution in [0.25, 0.3) is 0 Å². The second-order valence-electron chi connectivity index (χ2n) is 4.67. The second kappa shape index (κ2) is 6.71. The summed E-state index contributed by atoms with van der Waals surface area (Å²) in [5, 5.41) is 13.3. The van der Waals surface area contributed by atoms with Gasteiger partial charge >= 0.3 is 0 Å². The van der Waals surface area contributed by atoms with E-state index in [9.17, 15) is 0 Å². The molecule has 100 valence electrons. The van der Waals surface area contributed by atoms with E-state index in [0.717, 1.165) is 29.2 Å². The van der Waals surface area contributed by atoms with Crippen LogP contribution in [0.4, 0.5) is 0 Å². The van der Waals surface area contributed by atoms with Crippen molar-refractivity contribution in [1.29, 1.82) is 0 Å². The highest BCUT2D eigenvalue weighted by Crippen LogP contribution is 2.16. The number of nitrogens with one attached hydrogen (secondary N) is 1. The maximum absolute atomic E-state index is 9.09. The summed E-state index contributed by atoms with van der Waals surface area (Å²) in [6.07, 6.45) is 0. The van der Waals surface area contributed by atoms with Crippen LogP contribution in [0.5, 0.6) is 0 Å². The molecule has 0 bridgehead atoms. The first-order valence-electron chi connectivity index (χ1n) is 6.33.